The van der Waals surface area contributed by atoms with Crippen LogP contribution in [0, 0.1) is 0 Å². The molecule has 0 radical (unpaired) electrons. The van der Waals surface area contributed by atoms with Gasteiger partial charge in [-0.05, 0) is 13.8 Å². The lowest BCUT2D eigenvalue weighted by molar-refractivity contribution is -0.0662. The van der Waals surface area contributed by atoms with Gasteiger partial charge in [-0.25, -0.2) is 8.42 Å². The van der Waals surface area contributed by atoms with Crippen molar-refractivity contribution >= 4 is 9.84 Å². The fourth-order valence-corrected chi connectivity index (χ4v) is 2.35. The summed E-state index contributed by atoms with van der Waals surface area (Å²) in [5.41, 5.74) is 0. The van der Waals surface area contributed by atoms with Crippen molar-refractivity contribution in [3.63, 3.8) is 0 Å². The summed E-state index contributed by atoms with van der Waals surface area (Å²) >= 11 is 0. The molecule has 4 nitrogen and oxygen atoms in total. The van der Waals surface area contributed by atoms with Gasteiger partial charge in [0.1, 0.15) is 9.84 Å². The summed E-state index contributed by atoms with van der Waals surface area (Å²) in [7, 11) is -2.84. The lowest BCUT2D eigenvalue weighted by atomic mass is 10.2. The summed E-state index contributed by atoms with van der Waals surface area (Å²) in [4.78, 5) is 2.15. The Bertz CT molecular complexity index is 266. The van der Waals surface area contributed by atoms with Crippen LogP contribution in [-0.2, 0) is 14.6 Å². The van der Waals surface area contributed by atoms with Crippen LogP contribution in [0.5, 0.6) is 0 Å². The first-order valence-corrected chi connectivity index (χ1v) is 6.98. The maximum absolute atomic E-state index is 11.0. The second-order valence-electron chi connectivity index (χ2n) is 4.15. The van der Waals surface area contributed by atoms with Gasteiger partial charge >= 0.3 is 0 Å². The van der Waals surface area contributed by atoms with Crippen LogP contribution in [0.4, 0.5) is 0 Å². The van der Waals surface area contributed by atoms with Gasteiger partial charge in [-0.1, -0.05) is 0 Å². The van der Waals surface area contributed by atoms with Crippen molar-refractivity contribution in [1.82, 2.24) is 4.90 Å². The number of hydrogen-bond donors (Lipinski definition) is 0. The van der Waals surface area contributed by atoms with Crippen LogP contribution >= 0.6 is 0 Å². The van der Waals surface area contributed by atoms with Gasteiger partial charge in [-0.15, -0.1) is 0 Å². The van der Waals surface area contributed by atoms with Gasteiger partial charge in [0.15, 0.2) is 0 Å². The third-order valence-electron chi connectivity index (χ3n) is 2.27. The average molecular weight is 221 g/mol. The third kappa shape index (κ3) is 4.39. The highest BCUT2D eigenvalue weighted by molar-refractivity contribution is 7.90. The van der Waals surface area contributed by atoms with Gasteiger partial charge in [-0.2, -0.15) is 0 Å². The lowest BCUT2D eigenvalue weighted by Crippen LogP contribution is -2.46. The second-order valence-corrected chi connectivity index (χ2v) is 6.41. The average Bonchev–Trinajstić information content (AvgIpc) is 1.97. The van der Waals surface area contributed by atoms with E-state index in [-0.39, 0.29) is 18.0 Å². The number of rotatable bonds is 3. The molecule has 0 spiro atoms. The van der Waals surface area contributed by atoms with E-state index in [0.29, 0.717) is 6.54 Å². The van der Waals surface area contributed by atoms with Gasteiger partial charge in [-0.3, -0.25) is 4.90 Å². The quantitative estimate of drug-likeness (QED) is 0.680. The van der Waals surface area contributed by atoms with Crippen LogP contribution in [0.15, 0.2) is 0 Å². The molecule has 1 fully saturated rings. The molecule has 0 aromatic heterocycles. The second kappa shape index (κ2) is 4.59. The van der Waals surface area contributed by atoms with E-state index in [9.17, 15) is 8.42 Å². The smallest absolute Gasteiger partial charge is 0.148 e. The van der Waals surface area contributed by atoms with Crippen molar-refractivity contribution < 1.29 is 13.2 Å². The molecule has 0 N–H and O–H groups in total. The third-order valence-corrected chi connectivity index (χ3v) is 3.20. The molecule has 0 aromatic rings. The Balaban J connectivity index is 2.38. The SMILES string of the molecule is CC1CN(CCS(C)(=O)=O)CC(C)O1. The van der Waals surface area contributed by atoms with Crippen molar-refractivity contribution in [2.45, 2.75) is 26.1 Å². The van der Waals surface area contributed by atoms with Crippen molar-refractivity contribution in [3.8, 4) is 0 Å². The van der Waals surface area contributed by atoms with Crippen LogP contribution < -0.4 is 0 Å². The fraction of sp³-hybridized carbons (Fsp3) is 1.00. The van der Waals surface area contributed by atoms with Gasteiger partial charge in [0.05, 0.1) is 18.0 Å². The van der Waals surface area contributed by atoms with E-state index in [1.165, 1.54) is 6.26 Å². The number of nitrogens with zero attached hydrogens (tertiary/aromatic N) is 1. The Morgan fingerprint density at radius 1 is 1.29 bits per heavy atom. The normalized spacial score (nSPS) is 30.5. The van der Waals surface area contributed by atoms with E-state index in [2.05, 4.69) is 4.90 Å². The standard InChI is InChI=1S/C9H19NO3S/c1-8-6-10(7-9(2)13-8)4-5-14(3,11)12/h8-9H,4-7H2,1-3H3. The van der Waals surface area contributed by atoms with E-state index >= 15 is 0 Å². The molecular formula is C9H19NO3S. The molecular weight excluding hydrogens is 202 g/mol. The molecule has 2 unspecified atom stereocenters. The minimum absolute atomic E-state index is 0.207. The van der Waals surface area contributed by atoms with Gasteiger partial charge < -0.3 is 4.74 Å². The molecule has 0 bridgehead atoms. The molecule has 14 heavy (non-hydrogen) atoms. The van der Waals surface area contributed by atoms with Crippen LogP contribution in [0.1, 0.15) is 13.8 Å². The zero-order valence-electron chi connectivity index (χ0n) is 9.06. The van der Waals surface area contributed by atoms with E-state index in [1.54, 1.807) is 0 Å². The minimum atomic E-state index is -2.84. The molecule has 0 amide bonds. The maximum atomic E-state index is 11.0. The van der Waals surface area contributed by atoms with Crippen molar-refractivity contribution in [2.24, 2.45) is 0 Å². The number of morpholine rings is 1. The van der Waals surface area contributed by atoms with E-state index in [0.717, 1.165) is 13.1 Å². The molecule has 0 saturated carbocycles. The summed E-state index contributed by atoms with van der Waals surface area (Å²) in [6.45, 7) is 6.32. The minimum Gasteiger partial charge on any atom is -0.373 e. The highest BCUT2D eigenvalue weighted by atomic mass is 32.2. The van der Waals surface area contributed by atoms with E-state index < -0.39 is 9.84 Å². The monoisotopic (exact) mass is 221 g/mol. The maximum Gasteiger partial charge on any atom is 0.148 e. The largest absolute Gasteiger partial charge is 0.373 e. The molecule has 2 atom stereocenters. The number of sulfone groups is 1. The first kappa shape index (κ1) is 11.9. The summed E-state index contributed by atoms with van der Waals surface area (Å²) in [6, 6.07) is 0. The molecule has 1 heterocycles. The molecule has 84 valence electrons. The van der Waals surface area contributed by atoms with Crippen LogP contribution in [-0.4, -0.2) is 57.2 Å². The first-order valence-electron chi connectivity index (χ1n) is 4.92. The zero-order valence-corrected chi connectivity index (χ0v) is 9.88. The summed E-state index contributed by atoms with van der Waals surface area (Å²) in [6.07, 6.45) is 1.69. The highest BCUT2D eigenvalue weighted by Gasteiger charge is 2.22. The molecule has 1 saturated heterocycles. The Hall–Kier alpha value is -0.130. The fourth-order valence-electron chi connectivity index (χ4n) is 1.76. The topological polar surface area (TPSA) is 46.6 Å². The highest BCUT2D eigenvalue weighted by Crippen LogP contribution is 2.10. The van der Waals surface area contributed by atoms with Crippen LogP contribution in [0.2, 0.25) is 0 Å². The molecule has 0 aromatic carbocycles. The van der Waals surface area contributed by atoms with Crippen molar-refractivity contribution in [3.05, 3.63) is 0 Å². The number of ether oxygens (including phenoxy) is 1. The van der Waals surface area contributed by atoms with Gasteiger partial charge in [0.25, 0.3) is 0 Å². The van der Waals surface area contributed by atoms with E-state index in [1.807, 2.05) is 13.8 Å². The zero-order chi connectivity index (χ0) is 10.8. The molecule has 1 aliphatic heterocycles. The Morgan fingerprint density at radius 3 is 2.21 bits per heavy atom. The van der Waals surface area contributed by atoms with Crippen molar-refractivity contribution in [1.29, 1.82) is 0 Å². The predicted octanol–water partition coefficient (Wildman–Crippen LogP) is 0.140. The molecule has 1 aliphatic rings. The predicted molar refractivity (Wildman–Crippen MR) is 56.2 cm³/mol. The van der Waals surface area contributed by atoms with Crippen LogP contribution in [0.25, 0.3) is 0 Å². The summed E-state index contributed by atoms with van der Waals surface area (Å²) in [5.74, 6) is 0.242. The summed E-state index contributed by atoms with van der Waals surface area (Å²) in [5, 5.41) is 0. The lowest BCUT2D eigenvalue weighted by Gasteiger charge is -2.35. The first-order chi connectivity index (χ1) is 6.37. The molecule has 1 rings (SSSR count). The van der Waals surface area contributed by atoms with Gasteiger partial charge in [0, 0.05) is 25.9 Å². The molecule has 5 heteroatoms. The van der Waals surface area contributed by atoms with Crippen LogP contribution in [0.3, 0.4) is 0 Å². The summed E-state index contributed by atoms with van der Waals surface area (Å²) < 4.78 is 27.5. The Labute approximate surface area is 86.2 Å². The van der Waals surface area contributed by atoms with Crippen molar-refractivity contribution in [2.75, 3.05) is 31.6 Å². The number of hydrogen-bond acceptors (Lipinski definition) is 4. The van der Waals surface area contributed by atoms with E-state index in [4.69, 9.17) is 4.74 Å². The Morgan fingerprint density at radius 2 is 1.79 bits per heavy atom. The Kier molecular flexibility index (Phi) is 3.92. The molecule has 0 aliphatic carbocycles. The van der Waals surface area contributed by atoms with Gasteiger partial charge in [0.2, 0.25) is 0 Å².